The van der Waals surface area contributed by atoms with E-state index in [0.717, 1.165) is 48.3 Å². The lowest BCUT2D eigenvalue weighted by atomic mass is 9.89. The van der Waals surface area contributed by atoms with Crippen molar-refractivity contribution in [2.45, 2.75) is 51.9 Å². The first-order chi connectivity index (χ1) is 20.1. The maximum absolute atomic E-state index is 14.3. The number of hydrogen-bond acceptors (Lipinski definition) is 5. The number of aryl methyl sites for hydroxylation is 1. The number of benzene rings is 3. The molecule has 4 aromatic rings. The molecule has 0 bridgehead atoms. The third-order valence-electron chi connectivity index (χ3n) is 6.66. The molecule has 1 saturated carbocycles. The van der Waals surface area contributed by atoms with Crippen molar-refractivity contribution in [1.82, 2.24) is 4.98 Å². The summed E-state index contributed by atoms with van der Waals surface area (Å²) >= 11 is 0. The van der Waals surface area contributed by atoms with Crippen LogP contribution in [0, 0.1) is 6.92 Å². The number of hydrogen-bond donors (Lipinski definition) is 1. The van der Waals surface area contributed by atoms with Crippen LogP contribution in [0.3, 0.4) is 0 Å². The molecular formula is C35H38F2N2O3. The fourth-order valence-corrected chi connectivity index (χ4v) is 4.50. The standard InChI is InChI=1S/C23H24F2O.C10H10N2.2CH2O/c1-15-4-6-17(7-5-15)13-18-8-11-20(19-9-10-19)21(14-18)22(12-16(2)26)23(3,24)25;1-11-10-6-8-4-2-3-5-9(8)7-12-10;2*1-2/h4-8,11-12,14,19H,9-10,13H2,1-3H3;2-7H,1H3,(H,11,12);2*1H2/b22-12+;;;. The quantitative estimate of drug-likeness (QED) is 0.227. The molecule has 0 radical (unpaired) electrons. The molecular weight excluding hydrogens is 534 g/mol. The Morgan fingerprint density at radius 3 is 2.10 bits per heavy atom. The number of allylic oxidation sites excluding steroid dienone is 2. The van der Waals surface area contributed by atoms with Gasteiger partial charge in [-0.25, -0.2) is 13.8 Å². The van der Waals surface area contributed by atoms with Gasteiger partial charge >= 0.3 is 0 Å². The molecule has 7 heteroatoms. The van der Waals surface area contributed by atoms with Gasteiger partial charge in [0.25, 0.3) is 5.92 Å². The molecule has 0 unspecified atom stereocenters. The van der Waals surface area contributed by atoms with Gasteiger partial charge in [-0.05, 0) is 78.8 Å². The molecule has 1 aliphatic carbocycles. The molecule has 0 saturated heterocycles. The van der Waals surface area contributed by atoms with E-state index in [1.54, 1.807) is 0 Å². The highest BCUT2D eigenvalue weighted by molar-refractivity contribution is 5.97. The van der Waals surface area contributed by atoms with Gasteiger partial charge in [0.1, 0.15) is 19.4 Å². The van der Waals surface area contributed by atoms with Crippen LogP contribution < -0.4 is 5.32 Å². The van der Waals surface area contributed by atoms with Gasteiger partial charge in [0.15, 0.2) is 5.78 Å². The Hall–Kier alpha value is -4.52. The largest absolute Gasteiger partial charge is 0.373 e. The highest BCUT2D eigenvalue weighted by Gasteiger charge is 2.34. The van der Waals surface area contributed by atoms with Crippen molar-refractivity contribution in [2.24, 2.45) is 0 Å². The highest BCUT2D eigenvalue weighted by atomic mass is 19.3. The molecule has 1 heterocycles. The fraction of sp³-hybridized carbons (Fsp3) is 0.257. The first-order valence-corrected chi connectivity index (χ1v) is 13.5. The minimum absolute atomic E-state index is 0.169. The molecule has 1 aromatic heterocycles. The third kappa shape index (κ3) is 9.84. The van der Waals surface area contributed by atoms with E-state index in [1.807, 2.05) is 70.1 Å². The number of carbonyl (C=O) groups is 3. The van der Waals surface area contributed by atoms with E-state index in [1.165, 1.54) is 23.3 Å². The number of nitrogens with zero attached hydrogens (tertiary/aromatic N) is 1. The second-order valence-corrected chi connectivity index (χ2v) is 10.1. The Balaban J connectivity index is 0.000000320. The number of nitrogens with one attached hydrogen (secondary N) is 1. The van der Waals surface area contributed by atoms with E-state index >= 15 is 0 Å². The van der Waals surface area contributed by atoms with E-state index < -0.39 is 5.92 Å². The molecule has 0 aliphatic heterocycles. The van der Waals surface area contributed by atoms with Crippen LogP contribution in [-0.2, 0) is 20.8 Å². The van der Waals surface area contributed by atoms with Crippen LogP contribution in [-0.4, -0.2) is 37.3 Å². The Labute approximate surface area is 246 Å². The Morgan fingerprint density at radius 2 is 1.55 bits per heavy atom. The van der Waals surface area contributed by atoms with Crippen molar-refractivity contribution in [3.8, 4) is 0 Å². The zero-order valence-electron chi connectivity index (χ0n) is 24.6. The first kappa shape index (κ1) is 33.7. The van der Waals surface area contributed by atoms with Gasteiger partial charge in [0.2, 0.25) is 0 Å². The van der Waals surface area contributed by atoms with E-state index in [2.05, 4.69) is 46.7 Å². The minimum atomic E-state index is -3.06. The van der Waals surface area contributed by atoms with Gasteiger partial charge in [-0.1, -0.05) is 72.3 Å². The number of fused-ring (bicyclic) bond motifs is 1. The van der Waals surface area contributed by atoms with Crippen molar-refractivity contribution in [2.75, 3.05) is 12.4 Å². The summed E-state index contributed by atoms with van der Waals surface area (Å²) in [6.07, 6.45) is 5.69. The summed E-state index contributed by atoms with van der Waals surface area (Å²) in [6.45, 7) is 8.22. The summed E-state index contributed by atoms with van der Waals surface area (Å²) < 4.78 is 28.6. The Kier molecular flexibility index (Phi) is 12.9. The molecule has 1 fully saturated rings. The summed E-state index contributed by atoms with van der Waals surface area (Å²) in [5, 5.41) is 5.40. The van der Waals surface area contributed by atoms with Crippen LogP contribution in [0.5, 0.6) is 0 Å². The number of carbonyl (C=O) groups excluding carboxylic acids is 3. The first-order valence-electron chi connectivity index (χ1n) is 13.5. The number of anilines is 1. The minimum Gasteiger partial charge on any atom is -0.373 e. The van der Waals surface area contributed by atoms with Gasteiger partial charge in [0.05, 0.1) is 0 Å². The maximum Gasteiger partial charge on any atom is 0.271 e. The lowest BCUT2D eigenvalue weighted by Crippen LogP contribution is -2.15. The maximum atomic E-state index is 14.3. The lowest BCUT2D eigenvalue weighted by Gasteiger charge is -2.20. The summed E-state index contributed by atoms with van der Waals surface area (Å²) in [5.74, 6) is -2.17. The summed E-state index contributed by atoms with van der Waals surface area (Å²) in [7, 11) is 1.87. The molecule has 42 heavy (non-hydrogen) atoms. The molecule has 5 nitrogen and oxygen atoms in total. The number of ketones is 1. The Morgan fingerprint density at radius 1 is 0.952 bits per heavy atom. The predicted molar refractivity (Wildman–Crippen MR) is 167 cm³/mol. The number of pyridine rings is 1. The van der Waals surface area contributed by atoms with Crippen molar-refractivity contribution >= 4 is 41.5 Å². The molecule has 0 spiro atoms. The number of alkyl halides is 2. The van der Waals surface area contributed by atoms with Gasteiger partial charge in [0, 0.05) is 31.1 Å². The van der Waals surface area contributed by atoms with Crippen LogP contribution >= 0.6 is 0 Å². The number of halogens is 2. The van der Waals surface area contributed by atoms with Gasteiger partial charge in [-0.3, -0.25) is 4.79 Å². The molecule has 0 amide bonds. The second kappa shape index (κ2) is 16.1. The molecule has 5 rings (SSSR count). The van der Waals surface area contributed by atoms with E-state index in [-0.39, 0.29) is 11.4 Å². The second-order valence-electron chi connectivity index (χ2n) is 10.1. The van der Waals surface area contributed by atoms with Gasteiger partial charge < -0.3 is 14.9 Å². The summed E-state index contributed by atoms with van der Waals surface area (Å²) in [6, 6.07) is 24.3. The monoisotopic (exact) mass is 572 g/mol. The van der Waals surface area contributed by atoms with Crippen molar-refractivity contribution < 1.29 is 23.2 Å². The van der Waals surface area contributed by atoms with Crippen LogP contribution in [0.1, 0.15) is 60.4 Å². The Bertz CT molecular complexity index is 1490. The lowest BCUT2D eigenvalue weighted by molar-refractivity contribution is -0.112. The summed E-state index contributed by atoms with van der Waals surface area (Å²) in [5.41, 5.74) is 4.60. The fourth-order valence-electron chi connectivity index (χ4n) is 4.50. The third-order valence-corrected chi connectivity index (χ3v) is 6.66. The van der Waals surface area contributed by atoms with Crippen LogP contribution in [0.15, 0.2) is 85.1 Å². The molecule has 0 atom stereocenters. The van der Waals surface area contributed by atoms with E-state index in [9.17, 15) is 13.6 Å². The molecule has 220 valence electrons. The zero-order chi connectivity index (χ0) is 31.3. The predicted octanol–water partition coefficient (Wildman–Crippen LogP) is 8.00. The van der Waals surface area contributed by atoms with E-state index in [0.29, 0.717) is 17.9 Å². The average Bonchev–Trinajstić information content (AvgIpc) is 3.84. The van der Waals surface area contributed by atoms with Crippen LogP contribution in [0.4, 0.5) is 14.6 Å². The zero-order valence-corrected chi connectivity index (χ0v) is 24.6. The average molecular weight is 573 g/mol. The topological polar surface area (TPSA) is 76.1 Å². The smallest absolute Gasteiger partial charge is 0.271 e. The van der Waals surface area contributed by atoms with Gasteiger partial charge in [-0.2, -0.15) is 0 Å². The number of rotatable bonds is 7. The van der Waals surface area contributed by atoms with Crippen LogP contribution in [0.2, 0.25) is 0 Å². The van der Waals surface area contributed by atoms with Crippen molar-refractivity contribution in [3.63, 3.8) is 0 Å². The normalized spacial score (nSPS) is 12.5. The van der Waals surface area contributed by atoms with Crippen molar-refractivity contribution in [3.05, 3.63) is 113 Å². The van der Waals surface area contributed by atoms with E-state index in [4.69, 9.17) is 9.59 Å². The molecule has 1 N–H and O–H groups in total. The molecule has 1 aliphatic rings. The molecule has 3 aromatic carbocycles. The SMILES string of the molecule is C=O.C=O.CC(=O)/C=C(\c1cc(Cc2ccc(C)cc2)ccc1C1CC1)C(C)(F)F.CNc1cc2ccccc2cn1. The highest BCUT2D eigenvalue weighted by Crippen LogP contribution is 2.46. The summed E-state index contributed by atoms with van der Waals surface area (Å²) in [4.78, 5) is 31.8. The van der Waals surface area contributed by atoms with Crippen LogP contribution in [0.25, 0.3) is 16.3 Å². The van der Waals surface area contributed by atoms with Gasteiger partial charge in [-0.15, -0.1) is 0 Å². The van der Waals surface area contributed by atoms with Crippen molar-refractivity contribution in [1.29, 1.82) is 0 Å². The number of aromatic nitrogens is 1.